The van der Waals surface area contributed by atoms with E-state index in [0.29, 0.717) is 30.2 Å². The molecule has 7 heteroatoms. The maximum atomic E-state index is 12.5. The normalized spacial score (nSPS) is 16.3. The Hall–Kier alpha value is -3.22. The smallest absolute Gasteiger partial charge is 0.319 e. The molecule has 0 saturated carbocycles. The molecule has 1 atom stereocenters. The van der Waals surface area contributed by atoms with E-state index in [2.05, 4.69) is 10.6 Å². The third kappa shape index (κ3) is 3.72. The number of carbonyl (C=O) groups is 2. The highest BCUT2D eigenvalue weighted by Crippen LogP contribution is 2.29. The lowest BCUT2D eigenvalue weighted by atomic mass is 10.2. The molecule has 2 aromatic rings. The molecule has 0 radical (unpaired) electrons. The van der Waals surface area contributed by atoms with Gasteiger partial charge in [0.1, 0.15) is 17.5 Å². The Morgan fingerprint density at radius 3 is 2.58 bits per heavy atom. The number of hydrogen-bond donors (Lipinski definition) is 2. The van der Waals surface area contributed by atoms with Crippen molar-refractivity contribution in [3.8, 4) is 11.5 Å². The van der Waals surface area contributed by atoms with Crippen LogP contribution >= 0.6 is 0 Å². The van der Waals surface area contributed by atoms with Crippen LogP contribution in [0.1, 0.15) is 6.42 Å². The number of hydrogen-bond acceptors (Lipinski definition) is 4. The van der Waals surface area contributed by atoms with Gasteiger partial charge in [0.2, 0.25) is 5.91 Å². The highest BCUT2D eigenvalue weighted by molar-refractivity contribution is 6.02. The molecule has 2 N–H and O–H groups in total. The van der Waals surface area contributed by atoms with Crippen LogP contribution in [0.5, 0.6) is 11.5 Å². The SMILES string of the molecule is COc1ccc(NC(=O)NC2CCN(c3ccccc3)C2=O)c(OC)c1. The van der Waals surface area contributed by atoms with Crippen LogP contribution in [-0.2, 0) is 4.79 Å². The van der Waals surface area contributed by atoms with Crippen LogP contribution in [0.4, 0.5) is 16.2 Å². The van der Waals surface area contributed by atoms with E-state index < -0.39 is 12.1 Å². The van der Waals surface area contributed by atoms with Gasteiger partial charge in [-0.15, -0.1) is 0 Å². The fourth-order valence-corrected chi connectivity index (χ4v) is 2.90. The summed E-state index contributed by atoms with van der Waals surface area (Å²) in [6, 6.07) is 13.5. The Labute approximate surface area is 151 Å². The number of rotatable bonds is 5. The molecule has 136 valence electrons. The van der Waals surface area contributed by atoms with Crippen molar-refractivity contribution in [2.45, 2.75) is 12.5 Å². The average molecular weight is 355 g/mol. The van der Waals surface area contributed by atoms with E-state index in [9.17, 15) is 9.59 Å². The van der Waals surface area contributed by atoms with Gasteiger partial charge in [0, 0.05) is 18.3 Å². The van der Waals surface area contributed by atoms with Crippen LogP contribution in [0.3, 0.4) is 0 Å². The molecule has 1 aliphatic rings. The van der Waals surface area contributed by atoms with Gasteiger partial charge in [-0.3, -0.25) is 4.79 Å². The highest BCUT2D eigenvalue weighted by Gasteiger charge is 2.33. The number of anilines is 2. The molecule has 0 aliphatic carbocycles. The number of nitrogens with zero attached hydrogens (tertiary/aromatic N) is 1. The zero-order valence-electron chi connectivity index (χ0n) is 14.7. The summed E-state index contributed by atoms with van der Waals surface area (Å²) in [5, 5.41) is 5.44. The van der Waals surface area contributed by atoms with Gasteiger partial charge < -0.3 is 25.0 Å². The monoisotopic (exact) mass is 355 g/mol. The Bertz CT molecular complexity index is 795. The minimum Gasteiger partial charge on any atom is -0.497 e. The fraction of sp³-hybridized carbons (Fsp3) is 0.263. The molecule has 0 spiro atoms. The van der Waals surface area contributed by atoms with Crippen LogP contribution in [-0.4, -0.2) is 38.7 Å². The van der Waals surface area contributed by atoms with E-state index in [-0.39, 0.29) is 5.91 Å². The van der Waals surface area contributed by atoms with Crippen molar-refractivity contribution in [3.63, 3.8) is 0 Å². The summed E-state index contributed by atoms with van der Waals surface area (Å²) in [4.78, 5) is 26.5. The standard InChI is InChI=1S/C19H21N3O4/c1-25-14-8-9-15(17(12-14)26-2)20-19(24)21-16-10-11-22(18(16)23)13-6-4-3-5-7-13/h3-9,12,16H,10-11H2,1-2H3,(H2,20,21,24). The lowest BCUT2D eigenvalue weighted by Gasteiger charge is -2.17. The summed E-state index contributed by atoms with van der Waals surface area (Å²) in [6.07, 6.45) is 0.556. The van der Waals surface area contributed by atoms with E-state index >= 15 is 0 Å². The first-order valence-corrected chi connectivity index (χ1v) is 8.28. The van der Waals surface area contributed by atoms with Crippen LogP contribution in [0.25, 0.3) is 0 Å². The summed E-state index contributed by atoms with van der Waals surface area (Å²) < 4.78 is 10.4. The summed E-state index contributed by atoms with van der Waals surface area (Å²) in [6.45, 7) is 0.569. The molecular weight excluding hydrogens is 334 g/mol. The van der Waals surface area contributed by atoms with Crippen molar-refractivity contribution in [2.24, 2.45) is 0 Å². The summed E-state index contributed by atoms with van der Waals surface area (Å²) >= 11 is 0. The molecule has 1 aliphatic heterocycles. The first-order chi connectivity index (χ1) is 12.6. The predicted octanol–water partition coefficient (Wildman–Crippen LogP) is 2.63. The molecule has 3 amide bonds. The quantitative estimate of drug-likeness (QED) is 0.864. The Morgan fingerprint density at radius 2 is 1.88 bits per heavy atom. The lowest BCUT2D eigenvalue weighted by molar-refractivity contribution is -0.118. The van der Waals surface area contributed by atoms with Crippen LogP contribution in [0, 0.1) is 0 Å². The first kappa shape index (κ1) is 17.6. The predicted molar refractivity (Wildman–Crippen MR) is 98.9 cm³/mol. The van der Waals surface area contributed by atoms with E-state index in [0.717, 1.165) is 5.69 Å². The number of nitrogens with one attached hydrogen (secondary N) is 2. The molecule has 26 heavy (non-hydrogen) atoms. The second-order valence-corrected chi connectivity index (χ2v) is 5.83. The Morgan fingerprint density at radius 1 is 1.12 bits per heavy atom. The third-order valence-corrected chi connectivity index (χ3v) is 4.24. The van der Waals surface area contributed by atoms with Crippen molar-refractivity contribution in [1.29, 1.82) is 0 Å². The number of para-hydroxylation sites is 1. The van der Waals surface area contributed by atoms with Gasteiger partial charge in [-0.2, -0.15) is 0 Å². The van der Waals surface area contributed by atoms with Crippen LogP contribution in [0.15, 0.2) is 48.5 Å². The fourth-order valence-electron chi connectivity index (χ4n) is 2.90. The number of methoxy groups -OCH3 is 2. The largest absolute Gasteiger partial charge is 0.497 e. The van der Waals surface area contributed by atoms with Crippen molar-refractivity contribution in [2.75, 3.05) is 31.0 Å². The number of carbonyl (C=O) groups excluding carboxylic acids is 2. The maximum absolute atomic E-state index is 12.5. The first-order valence-electron chi connectivity index (χ1n) is 8.28. The summed E-state index contributed by atoms with van der Waals surface area (Å²) in [7, 11) is 3.06. The van der Waals surface area contributed by atoms with Gasteiger partial charge >= 0.3 is 6.03 Å². The highest BCUT2D eigenvalue weighted by atomic mass is 16.5. The maximum Gasteiger partial charge on any atom is 0.319 e. The van der Waals surface area contributed by atoms with Gasteiger partial charge in [0.05, 0.1) is 19.9 Å². The molecule has 0 aromatic heterocycles. The van der Waals surface area contributed by atoms with E-state index in [4.69, 9.17) is 9.47 Å². The average Bonchev–Trinajstić information content (AvgIpc) is 3.03. The number of urea groups is 1. The van der Waals surface area contributed by atoms with Crippen LogP contribution < -0.4 is 25.0 Å². The number of amides is 3. The molecule has 1 heterocycles. The topological polar surface area (TPSA) is 79.9 Å². The summed E-state index contributed by atoms with van der Waals surface area (Å²) in [5.41, 5.74) is 1.33. The van der Waals surface area contributed by atoms with Gasteiger partial charge in [0.15, 0.2) is 0 Å². The minimum atomic E-state index is -0.556. The zero-order chi connectivity index (χ0) is 18.5. The molecule has 3 rings (SSSR count). The second-order valence-electron chi connectivity index (χ2n) is 5.83. The zero-order valence-corrected chi connectivity index (χ0v) is 14.7. The molecule has 0 bridgehead atoms. The molecule has 1 saturated heterocycles. The van der Waals surface area contributed by atoms with Gasteiger partial charge in [-0.1, -0.05) is 18.2 Å². The Balaban J connectivity index is 1.63. The lowest BCUT2D eigenvalue weighted by Crippen LogP contribution is -2.43. The molecule has 1 fully saturated rings. The van der Waals surface area contributed by atoms with Gasteiger partial charge in [0.25, 0.3) is 0 Å². The van der Waals surface area contributed by atoms with E-state index in [1.165, 1.54) is 7.11 Å². The molecule has 2 aromatic carbocycles. The van der Waals surface area contributed by atoms with Gasteiger partial charge in [-0.25, -0.2) is 4.79 Å². The summed E-state index contributed by atoms with van der Waals surface area (Å²) in [5.74, 6) is 0.980. The third-order valence-electron chi connectivity index (χ3n) is 4.24. The van der Waals surface area contributed by atoms with Crippen molar-refractivity contribution in [1.82, 2.24) is 5.32 Å². The number of ether oxygens (including phenoxy) is 2. The van der Waals surface area contributed by atoms with Crippen molar-refractivity contribution >= 4 is 23.3 Å². The molecule has 7 nitrogen and oxygen atoms in total. The molecule has 1 unspecified atom stereocenters. The van der Waals surface area contributed by atoms with E-state index in [1.54, 1.807) is 30.2 Å². The number of benzene rings is 2. The van der Waals surface area contributed by atoms with Crippen molar-refractivity contribution in [3.05, 3.63) is 48.5 Å². The molecular formula is C19H21N3O4. The van der Waals surface area contributed by atoms with Gasteiger partial charge in [-0.05, 0) is 30.7 Å². The van der Waals surface area contributed by atoms with Crippen LogP contribution in [0.2, 0.25) is 0 Å². The Kier molecular flexibility index (Phi) is 5.26. The minimum absolute atomic E-state index is 0.118. The van der Waals surface area contributed by atoms with E-state index in [1.807, 2.05) is 30.3 Å². The van der Waals surface area contributed by atoms with Crippen molar-refractivity contribution < 1.29 is 19.1 Å². The second kappa shape index (κ2) is 7.77.